The average molecular weight is 396 g/mol. The summed E-state index contributed by atoms with van der Waals surface area (Å²) in [5.74, 6) is -0.565. The molecule has 0 saturated carbocycles. The van der Waals surface area contributed by atoms with Gasteiger partial charge in [-0.1, -0.05) is 30.3 Å². The van der Waals surface area contributed by atoms with Crippen LogP contribution in [0.15, 0.2) is 48.5 Å². The van der Waals surface area contributed by atoms with Gasteiger partial charge in [-0.05, 0) is 17.7 Å². The van der Waals surface area contributed by atoms with Gasteiger partial charge in [0, 0.05) is 19.0 Å². The molecule has 3 saturated heterocycles. The summed E-state index contributed by atoms with van der Waals surface area (Å²) in [4.78, 5) is 29.7. The van der Waals surface area contributed by atoms with Crippen molar-refractivity contribution in [3.8, 4) is 5.75 Å². The minimum absolute atomic E-state index is 0.00933. The fourth-order valence-corrected chi connectivity index (χ4v) is 5.01. The topological polar surface area (TPSA) is 59.1 Å². The predicted molar refractivity (Wildman–Crippen MR) is 102 cm³/mol. The molecule has 2 aromatic rings. The molecular weight excluding hydrogens is 375 g/mol. The number of methoxy groups -OCH3 is 1. The molecule has 150 valence electrons. The SMILES string of the molecule is COc1cc(F)ccc1C(=O)N1CC[C@@]23OC[C@@H](c4ccccc4)N2C(=O)C[C@@H]13. The van der Waals surface area contributed by atoms with Crippen molar-refractivity contribution >= 4 is 11.8 Å². The Morgan fingerprint density at radius 1 is 1.24 bits per heavy atom. The van der Waals surface area contributed by atoms with Gasteiger partial charge in [-0.3, -0.25) is 9.59 Å². The molecule has 3 heterocycles. The van der Waals surface area contributed by atoms with Crippen molar-refractivity contribution < 1.29 is 23.5 Å². The van der Waals surface area contributed by atoms with E-state index >= 15 is 0 Å². The number of carbonyl (C=O) groups excluding carboxylic acids is 2. The molecule has 0 radical (unpaired) electrons. The fourth-order valence-electron chi connectivity index (χ4n) is 5.01. The maximum absolute atomic E-state index is 13.5. The Balaban J connectivity index is 1.47. The Bertz CT molecular complexity index is 982. The van der Waals surface area contributed by atoms with E-state index in [9.17, 15) is 14.0 Å². The van der Waals surface area contributed by atoms with Crippen LogP contribution in [0.3, 0.4) is 0 Å². The Morgan fingerprint density at radius 2 is 2.03 bits per heavy atom. The Hall–Kier alpha value is -2.93. The standard InChI is InChI=1S/C22H21FN2O4/c1-28-18-11-15(23)7-8-16(18)21(27)24-10-9-22-19(24)12-20(26)25(22)17(13-29-22)14-5-3-2-4-6-14/h2-8,11,17,19H,9-10,12-13H2,1H3/t17-,19+,22-/m0/s1. The van der Waals surface area contributed by atoms with Gasteiger partial charge in [0.1, 0.15) is 11.6 Å². The molecule has 3 fully saturated rings. The van der Waals surface area contributed by atoms with Gasteiger partial charge >= 0.3 is 0 Å². The van der Waals surface area contributed by atoms with Crippen molar-refractivity contribution in [2.75, 3.05) is 20.3 Å². The highest BCUT2D eigenvalue weighted by atomic mass is 19.1. The van der Waals surface area contributed by atoms with E-state index in [4.69, 9.17) is 9.47 Å². The van der Waals surface area contributed by atoms with Gasteiger partial charge in [0.25, 0.3) is 5.91 Å². The van der Waals surface area contributed by atoms with Crippen molar-refractivity contribution in [2.45, 2.75) is 30.7 Å². The highest BCUT2D eigenvalue weighted by molar-refractivity contribution is 5.98. The lowest BCUT2D eigenvalue weighted by atomic mass is 10.0. The lowest BCUT2D eigenvalue weighted by Crippen LogP contribution is -2.49. The minimum Gasteiger partial charge on any atom is -0.496 e. The maximum Gasteiger partial charge on any atom is 0.258 e. The monoisotopic (exact) mass is 396 g/mol. The molecular formula is C22H21FN2O4. The van der Waals surface area contributed by atoms with Crippen LogP contribution in [0.4, 0.5) is 4.39 Å². The molecule has 3 atom stereocenters. The molecule has 0 aromatic heterocycles. The summed E-state index contributed by atoms with van der Waals surface area (Å²) in [5.41, 5.74) is 0.526. The first kappa shape index (κ1) is 18.1. The molecule has 5 rings (SSSR count). The quantitative estimate of drug-likeness (QED) is 0.801. The molecule has 3 aliphatic heterocycles. The zero-order valence-corrected chi connectivity index (χ0v) is 16.0. The molecule has 1 spiro atoms. The van der Waals surface area contributed by atoms with Crippen molar-refractivity contribution in [1.82, 2.24) is 9.80 Å². The van der Waals surface area contributed by atoms with Gasteiger partial charge in [0.15, 0.2) is 5.72 Å². The molecule has 6 nitrogen and oxygen atoms in total. The Morgan fingerprint density at radius 3 is 2.79 bits per heavy atom. The number of amides is 2. The summed E-state index contributed by atoms with van der Waals surface area (Å²) >= 11 is 0. The van der Waals surface area contributed by atoms with Crippen LogP contribution in [0, 0.1) is 5.82 Å². The van der Waals surface area contributed by atoms with E-state index in [1.54, 1.807) is 4.90 Å². The highest BCUT2D eigenvalue weighted by Crippen LogP contribution is 2.51. The van der Waals surface area contributed by atoms with Crippen LogP contribution in [0.2, 0.25) is 0 Å². The number of carbonyl (C=O) groups is 2. The highest BCUT2D eigenvalue weighted by Gasteiger charge is 2.65. The van der Waals surface area contributed by atoms with E-state index < -0.39 is 11.5 Å². The molecule has 0 N–H and O–H groups in total. The van der Waals surface area contributed by atoms with E-state index in [1.165, 1.54) is 25.3 Å². The van der Waals surface area contributed by atoms with Crippen LogP contribution in [0.5, 0.6) is 5.75 Å². The first-order valence-electron chi connectivity index (χ1n) is 9.71. The number of likely N-dealkylation sites (tertiary alicyclic amines) is 1. The predicted octanol–water partition coefficient (Wildman–Crippen LogP) is 2.75. The summed E-state index contributed by atoms with van der Waals surface area (Å²) in [6.07, 6.45) is 0.778. The zero-order valence-electron chi connectivity index (χ0n) is 16.0. The number of nitrogens with zero attached hydrogens (tertiary/aromatic N) is 2. The number of rotatable bonds is 3. The molecule has 0 aliphatic carbocycles. The van der Waals surface area contributed by atoms with Crippen LogP contribution >= 0.6 is 0 Å². The van der Waals surface area contributed by atoms with Gasteiger partial charge in [0.05, 0.1) is 37.8 Å². The normalized spacial score (nSPS) is 27.9. The summed E-state index contributed by atoms with van der Waals surface area (Å²) in [6, 6.07) is 13.2. The summed E-state index contributed by atoms with van der Waals surface area (Å²) in [5, 5.41) is 0. The largest absolute Gasteiger partial charge is 0.496 e. The Labute approximate surface area is 167 Å². The van der Waals surface area contributed by atoms with E-state index in [0.29, 0.717) is 19.6 Å². The number of ether oxygens (including phenoxy) is 2. The maximum atomic E-state index is 13.5. The van der Waals surface area contributed by atoms with Gasteiger partial charge in [-0.2, -0.15) is 0 Å². The van der Waals surface area contributed by atoms with E-state index in [2.05, 4.69) is 0 Å². The third kappa shape index (κ3) is 2.57. The molecule has 2 amide bonds. The average Bonchev–Trinajstić information content (AvgIpc) is 3.37. The van der Waals surface area contributed by atoms with Gasteiger partial charge < -0.3 is 19.3 Å². The summed E-state index contributed by atoms with van der Waals surface area (Å²) in [7, 11) is 1.41. The van der Waals surface area contributed by atoms with Crippen molar-refractivity contribution in [2.24, 2.45) is 0 Å². The fraction of sp³-hybridized carbons (Fsp3) is 0.364. The van der Waals surface area contributed by atoms with E-state index in [-0.39, 0.29) is 41.6 Å². The van der Waals surface area contributed by atoms with Crippen LogP contribution in [0.25, 0.3) is 0 Å². The van der Waals surface area contributed by atoms with Crippen LogP contribution < -0.4 is 4.74 Å². The molecule has 7 heteroatoms. The second kappa shape index (κ2) is 6.56. The number of halogens is 1. The van der Waals surface area contributed by atoms with Gasteiger partial charge in [0.2, 0.25) is 5.91 Å². The molecule has 29 heavy (non-hydrogen) atoms. The van der Waals surface area contributed by atoms with Crippen molar-refractivity contribution in [3.05, 3.63) is 65.5 Å². The number of hydrogen-bond donors (Lipinski definition) is 0. The van der Waals surface area contributed by atoms with Gasteiger partial charge in [-0.15, -0.1) is 0 Å². The Kier molecular flexibility index (Phi) is 4.10. The molecule has 0 bridgehead atoms. The van der Waals surface area contributed by atoms with Crippen molar-refractivity contribution in [3.63, 3.8) is 0 Å². The smallest absolute Gasteiger partial charge is 0.258 e. The zero-order chi connectivity index (χ0) is 20.2. The first-order chi connectivity index (χ1) is 14.0. The molecule has 3 aliphatic rings. The third-order valence-electron chi connectivity index (χ3n) is 6.29. The first-order valence-corrected chi connectivity index (χ1v) is 9.71. The van der Waals surface area contributed by atoms with Crippen molar-refractivity contribution in [1.29, 1.82) is 0 Å². The third-order valence-corrected chi connectivity index (χ3v) is 6.29. The van der Waals surface area contributed by atoms with Gasteiger partial charge in [-0.25, -0.2) is 4.39 Å². The second-order valence-corrected chi connectivity index (χ2v) is 7.66. The van der Waals surface area contributed by atoms with Crippen LogP contribution in [-0.2, 0) is 9.53 Å². The molecule has 2 aromatic carbocycles. The number of benzene rings is 2. The summed E-state index contributed by atoms with van der Waals surface area (Å²) in [6.45, 7) is 0.878. The lowest BCUT2D eigenvalue weighted by Gasteiger charge is -2.33. The van der Waals surface area contributed by atoms with Crippen LogP contribution in [0.1, 0.15) is 34.8 Å². The lowest BCUT2D eigenvalue weighted by molar-refractivity contribution is -0.138. The van der Waals surface area contributed by atoms with E-state index in [0.717, 1.165) is 5.56 Å². The second-order valence-electron chi connectivity index (χ2n) is 7.66. The van der Waals surface area contributed by atoms with Crippen LogP contribution in [-0.4, -0.2) is 53.6 Å². The minimum atomic E-state index is -0.791. The number of hydrogen-bond acceptors (Lipinski definition) is 4. The van der Waals surface area contributed by atoms with E-state index in [1.807, 2.05) is 35.2 Å². The molecule has 0 unspecified atom stereocenters. The summed E-state index contributed by atoms with van der Waals surface area (Å²) < 4.78 is 25.0.